The Morgan fingerprint density at radius 2 is 0.847 bits per heavy atom. The fraction of sp³-hybridized carbons (Fsp3) is 0.523. The first kappa shape index (κ1) is 47.6. The molecule has 3 N–H and O–H groups in total. The van der Waals surface area contributed by atoms with Crippen molar-refractivity contribution < 1.29 is 9.21 Å². The molecule has 0 saturated heterocycles. The minimum atomic E-state index is 0.155. The molecule has 3 aromatic heterocycles. The number of rotatable bonds is 13. The van der Waals surface area contributed by atoms with Crippen molar-refractivity contribution in [2.45, 2.75) is 159 Å². The molecule has 3 heterocycles. The molecule has 0 amide bonds. The van der Waals surface area contributed by atoms with Gasteiger partial charge in [0.15, 0.2) is 5.78 Å². The van der Waals surface area contributed by atoms with Crippen molar-refractivity contribution in [3.8, 4) is 32.7 Å². The van der Waals surface area contributed by atoms with E-state index in [9.17, 15) is 4.79 Å². The molecule has 0 atom stereocenters. The number of ketones is 1. The molecular formula is C65H77N3O2S2. The Kier molecular flexibility index (Phi) is 13.1. The number of furan rings is 1. The highest BCUT2D eigenvalue weighted by Crippen LogP contribution is 2.58. The summed E-state index contributed by atoms with van der Waals surface area (Å²) in [6.45, 7) is 4.67. The van der Waals surface area contributed by atoms with Gasteiger partial charge in [-0.2, -0.15) is 0 Å². The minimum absolute atomic E-state index is 0.155. The molecule has 12 aliphatic carbocycles. The summed E-state index contributed by atoms with van der Waals surface area (Å²) in [5.74, 6) is 9.22. The third-order valence-corrected chi connectivity index (χ3v) is 21.9. The Bertz CT molecular complexity index is 2540. The van der Waals surface area contributed by atoms with Crippen LogP contribution < -0.4 is 16.0 Å². The van der Waals surface area contributed by atoms with Gasteiger partial charge in [0, 0.05) is 52.3 Å². The number of benzene rings is 3. The van der Waals surface area contributed by atoms with Gasteiger partial charge in [0.05, 0.1) is 17.4 Å². The fourth-order valence-corrected chi connectivity index (χ4v) is 19.5. The van der Waals surface area contributed by atoms with Crippen molar-refractivity contribution in [1.29, 1.82) is 0 Å². The molecule has 12 bridgehead atoms. The molecule has 12 saturated carbocycles. The molecule has 376 valence electrons. The van der Waals surface area contributed by atoms with Gasteiger partial charge in [-0.25, -0.2) is 0 Å². The van der Waals surface area contributed by atoms with Crippen LogP contribution in [0.4, 0.5) is 0 Å². The van der Waals surface area contributed by atoms with Crippen molar-refractivity contribution in [3.63, 3.8) is 0 Å². The number of carbonyl (C=O) groups is 1. The first-order chi connectivity index (χ1) is 35.2. The monoisotopic (exact) mass is 996 g/mol. The zero-order valence-electron chi connectivity index (χ0n) is 42.7. The smallest absolute Gasteiger partial charge is 0.170 e. The maximum absolute atomic E-state index is 11.8. The molecule has 0 aliphatic heterocycles. The molecule has 6 aromatic rings. The van der Waals surface area contributed by atoms with E-state index >= 15 is 0 Å². The van der Waals surface area contributed by atoms with Crippen LogP contribution in [0.25, 0.3) is 32.7 Å². The van der Waals surface area contributed by atoms with Crippen molar-refractivity contribution in [2.24, 2.45) is 53.3 Å². The van der Waals surface area contributed by atoms with E-state index in [0.29, 0.717) is 16.6 Å². The van der Waals surface area contributed by atoms with Gasteiger partial charge in [-0.15, -0.1) is 22.7 Å². The summed E-state index contributed by atoms with van der Waals surface area (Å²) < 4.78 is 5.17. The van der Waals surface area contributed by atoms with Crippen LogP contribution in [0.1, 0.15) is 149 Å². The van der Waals surface area contributed by atoms with Crippen LogP contribution in [-0.2, 0) is 19.6 Å². The van der Waals surface area contributed by atoms with E-state index in [0.717, 1.165) is 94.5 Å². The van der Waals surface area contributed by atoms with Crippen LogP contribution in [0.3, 0.4) is 0 Å². The van der Waals surface area contributed by atoms with E-state index in [2.05, 4.69) is 112 Å². The van der Waals surface area contributed by atoms with Crippen LogP contribution >= 0.6 is 22.7 Å². The third kappa shape index (κ3) is 10.2. The van der Waals surface area contributed by atoms with E-state index in [1.165, 1.54) is 160 Å². The number of Topliss-reactive ketones (excluding diaryl/α,β-unsaturated/α-hetero) is 1. The van der Waals surface area contributed by atoms with Gasteiger partial charge in [0.1, 0.15) is 0 Å². The second-order valence-electron chi connectivity index (χ2n) is 25.5. The second kappa shape index (κ2) is 19.9. The summed E-state index contributed by atoms with van der Waals surface area (Å²) in [6.07, 6.45) is 29.9. The molecule has 12 aliphatic rings. The number of hydrogen-bond acceptors (Lipinski definition) is 7. The first-order valence-corrected chi connectivity index (χ1v) is 30.1. The SMILES string of the molecule is CC(=O)c1sccc1-c1ccc(CNC23CC4CC(CC(C4)C2)C3)cc1.c1cc(-c2ccc(CNC34CC5CC(CC(C5)C3)C4)cc2)co1.c1csc(-c2ccc(CNC34CC5CC(CC(C5)C3)C4)cc2)c1. The Hall–Kier alpha value is -4.11. The molecule has 3 aromatic carbocycles. The fourth-order valence-electron chi connectivity index (χ4n) is 17.9. The topological polar surface area (TPSA) is 66.3 Å². The van der Waals surface area contributed by atoms with Crippen molar-refractivity contribution >= 4 is 28.5 Å². The lowest BCUT2D eigenvalue weighted by atomic mass is 9.53. The Morgan fingerprint density at radius 1 is 0.458 bits per heavy atom. The predicted octanol–water partition coefficient (Wildman–Crippen LogP) is 16.2. The maximum atomic E-state index is 11.8. The summed E-state index contributed by atoms with van der Waals surface area (Å²) in [6, 6.07) is 35.3. The highest BCUT2D eigenvalue weighted by Gasteiger charge is 2.53. The van der Waals surface area contributed by atoms with Gasteiger partial charge in [0.2, 0.25) is 0 Å². The van der Waals surface area contributed by atoms with Crippen LogP contribution in [0.15, 0.2) is 125 Å². The van der Waals surface area contributed by atoms with Gasteiger partial charge >= 0.3 is 0 Å². The summed E-state index contributed by atoms with van der Waals surface area (Å²) in [4.78, 5) is 14.0. The lowest BCUT2D eigenvalue weighted by molar-refractivity contribution is -0.0207. The highest BCUT2D eigenvalue weighted by atomic mass is 32.1. The van der Waals surface area contributed by atoms with Gasteiger partial charge in [-0.1, -0.05) is 78.9 Å². The number of thiophene rings is 2. The molecule has 72 heavy (non-hydrogen) atoms. The molecule has 0 radical (unpaired) electrons. The summed E-state index contributed by atoms with van der Waals surface area (Å²) in [5, 5.41) is 16.1. The van der Waals surface area contributed by atoms with E-state index in [4.69, 9.17) is 4.42 Å². The zero-order valence-corrected chi connectivity index (χ0v) is 44.4. The average molecular weight is 996 g/mol. The Morgan fingerprint density at radius 3 is 1.19 bits per heavy atom. The van der Waals surface area contributed by atoms with E-state index in [-0.39, 0.29) is 5.78 Å². The molecular weight excluding hydrogens is 919 g/mol. The largest absolute Gasteiger partial charge is 0.472 e. The Balaban J connectivity index is 0.000000105. The van der Waals surface area contributed by atoms with Gasteiger partial charge in [-0.05, 0) is 238 Å². The zero-order chi connectivity index (χ0) is 48.3. The molecule has 7 heteroatoms. The van der Waals surface area contributed by atoms with E-state index < -0.39 is 0 Å². The summed E-state index contributed by atoms with van der Waals surface area (Å²) >= 11 is 3.36. The van der Waals surface area contributed by atoms with Crippen molar-refractivity contribution in [1.82, 2.24) is 16.0 Å². The quantitative estimate of drug-likeness (QED) is 0.101. The molecule has 5 nitrogen and oxygen atoms in total. The Labute approximate surface area is 437 Å². The molecule has 12 fully saturated rings. The van der Waals surface area contributed by atoms with Crippen LogP contribution in [0, 0.1) is 53.3 Å². The predicted molar refractivity (Wildman–Crippen MR) is 297 cm³/mol. The van der Waals surface area contributed by atoms with Crippen LogP contribution in [0.2, 0.25) is 0 Å². The van der Waals surface area contributed by atoms with Crippen molar-refractivity contribution in [2.75, 3.05) is 0 Å². The second-order valence-corrected chi connectivity index (χ2v) is 27.3. The van der Waals surface area contributed by atoms with E-state index in [1.807, 2.05) is 29.0 Å². The van der Waals surface area contributed by atoms with Crippen LogP contribution in [-0.4, -0.2) is 22.4 Å². The third-order valence-electron chi connectivity index (χ3n) is 19.9. The minimum Gasteiger partial charge on any atom is -0.472 e. The molecule has 18 rings (SSSR count). The summed E-state index contributed by atoms with van der Waals surface area (Å²) in [7, 11) is 0. The molecule has 0 spiro atoms. The lowest BCUT2D eigenvalue weighted by Gasteiger charge is -2.57. The van der Waals surface area contributed by atoms with Gasteiger partial charge < -0.3 is 20.4 Å². The number of nitrogens with one attached hydrogen (secondary N) is 3. The van der Waals surface area contributed by atoms with Crippen LogP contribution in [0.5, 0.6) is 0 Å². The van der Waals surface area contributed by atoms with Crippen molar-refractivity contribution in [3.05, 3.63) is 142 Å². The van der Waals surface area contributed by atoms with E-state index in [1.54, 1.807) is 13.2 Å². The highest BCUT2D eigenvalue weighted by molar-refractivity contribution is 7.13. The normalized spacial score (nSPS) is 33.9. The first-order valence-electron chi connectivity index (χ1n) is 28.3. The maximum Gasteiger partial charge on any atom is 0.170 e. The average Bonchev–Trinajstić information content (AvgIpc) is 4.20. The number of carbonyl (C=O) groups excluding carboxylic acids is 1. The number of hydrogen-bond donors (Lipinski definition) is 3. The standard InChI is InChI=1S/C23H27NOS.C21H25NO.C21H25NS/c1-15(25)22-21(6-7-26-22)20-4-2-16(3-5-20)14-24-23-11-17-8-18(12-23)10-19(9-17)13-23;1-3-19(20-5-6-23-14-20)4-2-15(1)13-22-21-10-16-7-17(11-21)9-18(8-16)12-21;1-2-20(23-7-1)19-5-3-15(4-6-19)14-22-21-11-16-8-17(12-21)10-18(9-16)13-21/h2-7,17-19,24H,8-14H2,1H3;1-6,14,16-18,22H,7-13H2;1-7,16-18,22H,8-14H2. The summed E-state index contributed by atoms with van der Waals surface area (Å²) in [5.41, 5.74) is 11.5. The molecule has 0 unspecified atom stereocenters. The van der Waals surface area contributed by atoms with Gasteiger partial charge in [0.25, 0.3) is 0 Å². The lowest BCUT2D eigenvalue weighted by Crippen LogP contribution is -2.58. The van der Waals surface area contributed by atoms with Gasteiger partial charge in [-0.3, -0.25) is 4.79 Å².